The Morgan fingerprint density at radius 3 is 2.86 bits per heavy atom. The lowest BCUT2D eigenvalue weighted by Crippen LogP contribution is -2.08. The molecule has 0 fully saturated rings. The maximum absolute atomic E-state index is 5.99. The van der Waals surface area contributed by atoms with Gasteiger partial charge in [0.15, 0.2) is 16.3 Å². The molecule has 0 spiro atoms. The Morgan fingerprint density at radius 2 is 2.10 bits per heavy atom. The number of nitrogens with zero attached hydrogens (tertiary/aromatic N) is 6. The fourth-order valence-electron chi connectivity index (χ4n) is 2.00. The summed E-state index contributed by atoms with van der Waals surface area (Å²) in [6.07, 6.45) is 1.81. The van der Waals surface area contributed by atoms with E-state index < -0.39 is 0 Å². The van der Waals surface area contributed by atoms with Crippen LogP contribution < -0.4 is 5.73 Å². The molecule has 3 aromatic heterocycles. The highest BCUT2D eigenvalue weighted by atomic mass is 79.9. The standard InChI is InChI=1S/C12H11BrClN7/c1-5-3-16-7(6(2)8(5)13)4-21-11-9(19-20-21)10(14)17-12(15)18-11/h3H,4H2,1-2H3,(H2,15,17,18). The van der Waals surface area contributed by atoms with Crippen LogP contribution >= 0.6 is 27.5 Å². The topological polar surface area (TPSA) is 95.4 Å². The van der Waals surface area contributed by atoms with Crippen molar-refractivity contribution >= 4 is 44.6 Å². The zero-order chi connectivity index (χ0) is 15.1. The zero-order valence-electron chi connectivity index (χ0n) is 11.3. The van der Waals surface area contributed by atoms with Crippen molar-refractivity contribution in [1.82, 2.24) is 29.9 Å². The van der Waals surface area contributed by atoms with E-state index in [9.17, 15) is 0 Å². The van der Waals surface area contributed by atoms with E-state index in [-0.39, 0.29) is 11.1 Å². The molecule has 0 bridgehead atoms. The predicted octanol–water partition coefficient (Wildman–Crippen LogP) is 2.28. The summed E-state index contributed by atoms with van der Waals surface area (Å²) in [5.74, 6) is 0.0887. The van der Waals surface area contributed by atoms with Crippen molar-refractivity contribution in [2.45, 2.75) is 20.4 Å². The van der Waals surface area contributed by atoms with Gasteiger partial charge in [0.1, 0.15) is 0 Å². The van der Waals surface area contributed by atoms with Crippen LogP contribution in [-0.2, 0) is 6.54 Å². The molecule has 21 heavy (non-hydrogen) atoms. The van der Waals surface area contributed by atoms with Crippen molar-refractivity contribution in [1.29, 1.82) is 0 Å². The van der Waals surface area contributed by atoms with E-state index >= 15 is 0 Å². The number of anilines is 1. The van der Waals surface area contributed by atoms with Crippen LogP contribution in [0.1, 0.15) is 16.8 Å². The lowest BCUT2D eigenvalue weighted by atomic mass is 10.1. The van der Waals surface area contributed by atoms with E-state index in [0.29, 0.717) is 17.7 Å². The first-order chi connectivity index (χ1) is 9.97. The molecule has 108 valence electrons. The smallest absolute Gasteiger partial charge is 0.223 e. The van der Waals surface area contributed by atoms with Crippen molar-refractivity contribution < 1.29 is 0 Å². The number of hydrogen-bond donors (Lipinski definition) is 1. The Balaban J connectivity index is 2.09. The third kappa shape index (κ3) is 2.44. The molecule has 0 atom stereocenters. The second-order valence-electron chi connectivity index (χ2n) is 4.62. The summed E-state index contributed by atoms with van der Waals surface area (Å²) in [6.45, 7) is 4.41. The number of aryl methyl sites for hydroxylation is 1. The minimum atomic E-state index is 0.0887. The lowest BCUT2D eigenvalue weighted by Gasteiger charge is -2.09. The van der Waals surface area contributed by atoms with Crippen molar-refractivity contribution in [3.05, 3.63) is 32.6 Å². The molecule has 3 aromatic rings. The van der Waals surface area contributed by atoms with Crippen LogP contribution in [0.25, 0.3) is 11.2 Å². The molecular formula is C12H11BrClN7. The monoisotopic (exact) mass is 367 g/mol. The molecule has 3 heterocycles. The van der Waals surface area contributed by atoms with Crippen LogP contribution in [-0.4, -0.2) is 29.9 Å². The summed E-state index contributed by atoms with van der Waals surface area (Å²) in [5.41, 5.74) is 9.53. The first-order valence-electron chi connectivity index (χ1n) is 6.10. The van der Waals surface area contributed by atoms with Gasteiger partial charge in [0.2, 0.25) is 5.95 Å². The van der Waals surface area contributed by atoms with Crippen molar-refractivity contribution in [3.8, 4) is 0 Å². The van der Waals surface area contributed by atoms with Gasteiger partial charge in [-0.3, -0.25) is 4.98 Å². The summed E-state index contributed by atoms with van der Waals surface area (Å²) in [5, 5.41) is 8.23. The van der Waals surface area contributed by atoms with Crippen molar-refractivity contribution in [2.75, 3.05) is 5.73 Å². The highest BCUT2D eigenvalue weighted by molar-refractivity contribution is 9.10. The van der Waals surface area contributed by atoms with Crippen LogP contribution in [0.2, 0.25) is 5.15 Å². The molecule has 7 nitrogen and oxygen atoms in total. The first-order valence-corrected chi connectivity index (χ1v) is 7.27. The summed E-state index contributed by atoms with van der Waals surface area (Å²) in [6, 6.07) is 0. The van der Waals surface area contributed by atoms with Gasteiger partial charge in [-0.05, 0) is 25.0 Å². The van der Waals surface area contributed by atoms with E-state index in [0.717, 1.165) is 21.3 Å². The molecule has 3 rings (SSSR count). The van der Waals surface area contributed by atoms with Crippen LogP contribution in [0.15, 0.2) is 10.7 Å². The SMILES string of the molecule is Cc1cnc(Cn2nnc3c(Cl)nc(N)nc32)c(C)c1Br. The highest BCUT2D eigenvalue weighted by Crippen LogP contribution is 2.24. The molecule has 0 saturated heterocycles. The fourth-order valence-corrected chi connectivity index (χ4v) is 2.54. The van der Waals surface area contributed by atoms with Gasteiger partial charge in [-0.1, -0.05) is 32.7 Å². The molecule has 0 aliphatic heterocycles. The molecule has 0 amide bonds. The second kappa shape index (κ2) is 5.19. The van der Waals surface area contributed by atoms with Crippen molar-refractivity contribution in [3.63, 3.8) is 0 Å². The van der Waals surface area contributed by atoms with Gasteiger partial charge >= 0.3 is 0 Å². The quantitative estimate of drug-likeness (QED) is 0.697. The van der Waals surface area contributed by atoms with E-state index in [1.54, 1.807) is 4.68 Å². The Kier molecular flexibility index (Phi) is 3.50. The summed E-state index contributed by atoms with van der Waals surface area (Å²) >= 11 is 9.54. The molecule has 0 aromatic carbocycles. The first kappa shape index (κ1) is 14.2. The average Bonchev–Trinajstić information content (AvgIpc) is 2.83. The average molecular weight is 369 g/mol. The Hall–Kier alpha value is -1.80. The number of nitrogens with two attached hydrogens (primary N) is 1. The van der Waals surface area contributed by atoms with E-state index in [1.807, 2.05) is 20.0 Å². The second-order valence-corrected chi connectivity index (χ2v) is 5.77. The predicted molar refractivity (Wildman–Crippen MR) is 83.1 cm³/mol. The number of halogens is 2. The summed E-state index contributed by atoms with van der Waals surface area (Å²) in [4.78, 5) is 12.4. The molecule has 2 N–H and O–H groups in total. The minimum absolute atomic E-state index is 0.0887. The van der Waals surface area contributed by atoms with Crippen LogP contribution in [0.5, 0.6) is 0 Å². The van der Waals surface area contributed by atoms with E-state index in [2.05, 4.69) is 41.2 Å². The molecular weight excluding hydrogens is 358 g/mol. The lowest BCUT2D eigenvalue weighted by molar-refractivity contribution is 0.649. The molecule has 0 radical (unpaired) electrons. The van der Waals surface area contributed by atoms with Gasteiger partial charge in [0.05, 0.1) is 12.2 Å². The van der Waals surface area contributed by atoms with Crippen LogP contribution in [0, 0.1) is 13.8 Å². The van der Waals surface area contributed by atoms with Gasteiger partial charge in [0, 0.05) is 10.7 Å². The number of nitrogen functional groups attached to an aromatic ring is 1. The van der Waals surface area contributed by atoms with Gasteiger partial charge in [0.25, 0.3) is 0 Å². The van der Waals surface area contributed by atoms with Gasteiger partial charge in [-0.25, -0.2) is 4.68 Å². The summed E-state index contributed by atoms with van der Waals surface area (Å²) < 4.78 is 2.64. The van der Waals surface area contributed by atoms with Gasteiger partial charge in [-0.15, -0.1) is 5.10 Å². The van der Waals surface area contributed by atoms with Crippen LogP contribution in [0.3, 0.4) is 0 Å². The van der Waals surface area contributed by atoms with E-state index in [1.165, 1.54) is 0 Å². The molecule has 0 unspecified atom stereocenters. The Labute approximate surface area is 133 Å². The van der Waals surface area contributed by atoms with E-state index in [4.69, 9.17) is 17.3 Å². The molecule has 9 heteroatoms. The maximum atomic E-state index is 5.99. The van der Waals surface area contributed by atoms with Gasteiger partial charge < -0.3 is 5.73 Å². The third-order valence-electron chi connectivity index (χ3n) is 3.16. The fraction of sp³-hybridized carbons (Fsp3) is 0.250. The number of aromatic nitrogens is 6. The largest absolute Gasteiger partial charge is 0.368 e. The minimum Gasteiger partial charge on any atom is -0.368 e. The number of hydrogen-bond acceptors (Lipinski definition) is 6. The Bertz CT molecular complexity index is 845. The molecule has 0 aliphatic carbocycles. The Morgan fingerprint density at radius 1 is 1.33 bits per heavy atom. The molecule has 0 saturated carbocycles. The van der Waals surface area contributed by atoms with Gasteiger partial charge in [-0.2, -0.15) is 9.97 Å². The number of rotatable bonds is 2. The number of pyridine rings is 1. The summed E-state index contributed by atoms with van der Waals surface area (Å²) in [7, 11) is 0. The number of fused-ring (bicyclic) bond motifs is 1. The van der Waals surface area contributed by atoms with Crippen molar-refractivity contribution in [2.24, 2.45) is 0 Å². The normalized spacial score (nSPS) is 11.2. The highest BCUT2D eigenvalue weighted by Gasteiger charge is 2.14. The van der Waals surface area contributed by atoms with Crippen LogP contribution in [0.4, 0.5) is 5.95 Å². The maximum Gasteiger partial charge on any atom is 0.223 e. The zero-order valence-corrected chi connectivity index (χ0v) is 13.6. The molecule has 0 aliphatic rings. The third-order valence-corrected chi connectivity index (χ3v) is 4.64.